The summed E-state index contributed by atoms with van der Waals surface area (Å²) < 4.78 is 35.9. The summed E-state index contributed by atoms with van der Waals surface area (Å²) in [5.74, 6) is 1.52. The van der Waals surface area contributed by atoms with Crippen molar-refractivity contribution in [1.82, 2.24) is 24.4 Å². The van der Waals surface area contributed by atoms with E-state index in [1.807, 2.05) is 53.1 Å². The molecule has 1 aliphatic rings. The fraction of sp³-hybridized carbons (Fsp3) is 0.276. The van der Waals surface area contributed by atoms with Gasteiger partial charge in [0.2, 0.25) is 10.0 Å². The fourth-order valence-electron chi connectivity index (χ4n) is 4.59. The van der Waals surface area contributed by atoms with E-state index >= 15 is 0 Å². The first-order valence-corrected chi connectivity index (χ1v) is 16.4. The number of piperidine rings is 1. The van der Waals surface area contributed by atoms with Gasteiger partial charge in [-0.3, -0.25) is 9.36 Å². The van der Waals surface area contributed by atoms with Gasteiger partial charge < -0.3 is 10.1 Å². The molecule has 0 radical (unpaired) electrons. The van der Waals surface area contributed by atoms with Crippen LogP contribution in [0.5, 0.6) is 5.75 Å². The molecule has 1 saturated heterocycles. The molecular weight excluding hydrogens is 626 g/mol. The number of carbonyl (C=O) groups is 1. The largest absolute Gasteiger partial charge is 0.495 e. The van der Waals surface area contributed by atoms with Crippen molar-refractivity contribution in [3.05, 3.63) is 94.2 Å². The lowest BCUT2D eigenvalue weighted by atomic mass is 10.2. The van der Waals surface area contributed by atoms with Crippen LogP contribution in [0.3, 0.4) is 0 Å². The second kappa shape index (κ2) is 13.2. The molecule has 214 valence electrons. The second-order valence-electron chi connectivity index (χ2n) is 9.49. The molecule has 12 heteroatoms. The zero-order chi connectivity index (χ0) is 28.8. The van der Waals surface area contributed by atoms with Gasteiger partial charge in [-0.15, -0.1) is 10.2 Å². The number of methoxy groups -OCH3 is 1. The molecule has 3 aromatic carbocycles. The van der Waals surface area contributed by atoms with Crippen LogP contribution in [0.4, 0.5) is 0 Å². The van der Waals surface area contributed by atoms with Crippen molar-refractivity contribution in [3.63, 3.8) is 0 Å². The molecule has 0 spiro atoms. The first-order valence-electron chi connectivity index (χ1n) is 13.2. The minimum absolute atomic E-state index is 0.108. The Kier molecular flexibility index (Phi) is 9.43. The third-order valence-electron chi connectivity index (χ3n) is 6.78. The van der Waals surface area contributed by atoms with Gasteiger partial charge in [0, 0.05) is 28.9 Å². The molecule has 1 N–H and O–H groups in total. The number of amides is 1. The van der Waals surface area contributed by atoms with Crippen LogP contribution >= 0.6 is 27.7 Å². The Labute approximate surface area is 252 Å². The van der Waals surface area contributed by atoms with Crippen molar-refractivity contribution in [2.45, 2.75) is 41.6 Å². The van der Waals surface area contributed by atoms with Crippen molar-refractivity contribution >= 4 is 43.6 Å². The number of hydrogen-bond donors (Lipinski definition) is 1. The number of benzene rings is 3. The Morgan fingerprint density at radius 1 is 0.976 bits per heavy atom. The number of halogens is 1. The van der Waals surface area contributed by atoms with E-state index in [4.69, 9.17) is 4.74 Å². The number of thioether (sulfide) groups is 1. The Balaban J connectivity index is 1.33. The van der Waals surface area contributed by atoms with Crippen LogP contribution in [-0.4, -0.2) is 53.6 Å². The SMILES string of the molecule is COc1ccccc1-n1c(CNC(=O)c2ccc(S(=O)(=O)N3CCCCC3)cc2)nnc1SCc1ccc(Br)cc1. The molecule has 5 rings (SSSR count). The maximum atomic E-state index is 13.0. The summed E-state index contributed by atoms with van der Waals surface area (Å²) in [6, 6.07) is 21.7. The zero-order valence-electron chi connectivity index (χ0n) is 22.5. The Morgan fingerprint density at radius 3 is 2.39 bits per heavy atom. The normalized spacial score (nSPS) is 14.1. The van der Waals surface area contributed by atoms with E-state index < -0.39 is 10.0 Å². The van der Waals surface area contributed by atoms with Gasteiger partial charge in [0.05, 0.1) is 24.2 Å². The number of sulfonamides is 1. The molecule has 9 nitrogen and oxygen atoms in total. The second-order valence-corrected chi connectivity index (χ2v) is 13.3. The predicted molar refractivity (Wildman–Crippen MR) is 162 cm³/mol. The van der Waals surface area contributed by atoms with Gasteiger partial charge in [-0.25, -0.2) is 8.42 Å². The van der Waals surface area contributed by atoms with Crippen molar-refractivity contribution in [2.24, 2.45) is 0 Å². The van der Waals surface area contributed by atoms with Crippen LogP contribution < -0.4 is 10.1 Å². The summed E-state index contributed by atoms with van der Waals surface area (Å²) in [5.41, 5.74) is 2.25. The number of carbonyl (C=O) groups excluding carboxylic acids is 1. The van der Waals surface area contributed by atoms with Crippen LogP contribution in [0, 0.1) is 0 Å². The number of hydrogen-bond acceptors (Lipinski definition) is 7. The molecule has 1 fully saturated rings. The van der Waals surface area contributed by atoms with Crippen LogP contribution in [0.25, 0.3) is 5.69 Å². The predicted octanol–water partition coefficient (Wildman–Crippen LogP) is 5.44. The zero-order valence-corrected chi connectivity index (χ0v) is 25.7. The Bertz CT molecular complexity index is 1600. The average Bonchev–Trinajstić information content (AvgIpc) is 3.42. The van der Waals surface area contributed by atoms with Crippen LogP contribution in [0.2, 0.25) is 0 Å². The standard InChI is InChI=1S/C29H30BrN5O4S2/c1-39-26-8-4-3-7-25(26)35-27(32-33-29(35)40-20-21-9-13-23(30)14-10-21)19-31-28(36)22-11-15-24(16-12-22)41(37,38)34-17-5-2-6-18-34/h3-4,7-16H,2,5-6,17-20H2,1H3,(H,31,36). The summed E-state index contributed by atoms with van der Waals surface area (Å²) in [6.07, 6.45) is 2.77. The highest BCUT2D eigenvalue weighted by Crippen LogP contribution is 2.30. The minimum Gasteiger partial charge on any atom is -0.495 e. The maximum absolute atomic E-state index is 13.0. The molecule has 0 atom stereocenters. The third-order valence-corrected chi connectivity index (χ3v) is 10.2. The van der Waals surface area contributed by atoms with Crippen molar-refractivity contribution < 1.29 is 17.9 Å². The van der Waals surface area contributed by atoms with Gasteiger partial charge in [0.25, 0.3) is 5.91 Å². The van der Waals surface area contributed by atoms with Gasteiger partial charge in [-0.2, -0.15) is 4.31 Å². The lowest BCUT2D eigenvalue weighted by molar-refractivity contribution is 0.0949. The van der Waals surface area contributed by atoms with Crippen molar-refractivity contribution in [1.29, 1.82) is 0 Å². The Hall–Kier alpha value is -3.19. The Morgan fingerprint density at radius 2 is 1.68 bits per heavy atom. The summed E-state index contributed by atoms with van der Waals surface area (Å²) in [5, 5.41) is 12.4. The molecule has 1 aromatic heterocycles. The number of aromatic nitrogens is 3. The van der Waals surface area contributed by atoms with Gasteiger partial charge in [-0.1, -0.05) is 58.4 Å². The summed E-state index contributed by atoms with van der Waals surface area (Å²) in [6.45, 7) is 1.16. The first kappa shape index (κ1) is 29.3. The van der Waals surface area contributed by atoms with Crippen molar-refractivity contribution in [3.8, 4) is 11.4 Å². The van der Waals surface area contributed by atoms with E-state index in [0.717, 1.165) is 35.0 Å². The summed E-state index contributed by atoms with van der Waals surface area (Å²) in [7, 11) is -1.96. The van der Waals surface area contributed by atoms with E-state index in [-0.39, 0.29) is 17.3 Å². The first-order chi connectivity index (χ1) is 19.9. The van der Waals surface area contributed by atoms with Gasteiger partial charge in [0.15, 0.2) is 11.0 Å². The third kappa shape index (κ3) is 6.83. The molecule has 0 bridgehead atoms. The molecule has 1 amide bonds. The molecule has 1 aliphatic heterocycles. The summed E-state index contributed by atoms with van der Waals surface area (Å²) >= 11 is 5.00. The van der Waals surface area contributed by atoms with Gasteiger partial charge in [-0.05, 0) is 66.9 Å². The number of para-hydroxylation sites is 2. The minimum atomic E-state index is -3.56. The van der Waals surface area contributed by atoms with E-state index in [9.17, 15) is 13.2 Å². The lowest BCUT2D eigenvalue weighted by Gasteiger charge is -2.25. The van der Waals surface area contributed by atoms with E-state index in [1.54, 1.807) is 7.11 Å². The number of rotatable bonds is 10. The van der Waals surface area contributed by atoms with Gasteiger partial charge >= 0.3 is 0 Å². The molecule has 4 aromatic rings. The molecule has 0 aliphatic carbocycles. The highest BCUT2D eigenvalue weighted by molar-refractivity contribution is 9.10. The topological polar surface area (TPSA) is 106 Å². The monoisotopic (exact) mass is 655 g/mol. The average molecular weight is 657 g/mol. The van der Waals surface area contributed by atoms with E-state index in [0.29, 0.717) is 41.1 Å². The quantitative estimate of drug-likeness (QED) is 0.227. The van der Waals surface area contributed by atoms with Gasteiger partial charge in [0.1, 0.15) is 5.75 Å². The fourth-order valence-corrected chi connectivity index (χ4v) is 7.29. The van der Waals surface area contributed by atoms with Crippen molar-refractivity contribution in [2.75, 3.05) is 20.2 Å². The molecule has 41 heavy (non-hydrogen) atoms. The van der Waals surface area contributed by atoms with E-state index in [1.165, 1.54) is 40.3 Å². The highest BCUT2D eigenvalue weighted by Gasteiger charge is 2.26. The smallest absolute Gasteiger partial charge is 0.251 e. The number of ether oxygens (including phenoxy) is 1. The van der Waals surface area contributed by atoms with Crippen LogP contribution in [-0.2, 0) is 22.3 Å². The molecule has 2 heterocycles. The maximum Gasteiger partial charge on any atom is 0.251 e. The van der Waals surface area contributed by atoms with E-state index in [2.05, 4.69) is 31.4 Å². The number of nitrogens with one attached hydrogen (secondary N) is 1. The summed E-state index contributed by atoms with van der Waals surface area (Å²) in [4.78, 5) is 13.2. The molecule has 0 unspecified atom stereocenters. The van der Waals surface area contributed by atoms with Crippen LogP contribution in [0.1, 0.15) is 41.0 Å². The highest BCUT2D eigenvalue weighted by atomic mass is 79.9. The molecular formula is C29H30BrN5O4S2. The number of nitrogens with zero attached hydrogens (tertiary/aromatic N) is 4. The van der Waals surface area contributed by atoms with Crippen LogP contribution in [0.15, 0.2) is 87.3 Å². The lowest BCUT2D eigenvalue weighted by Crippen LogP contribution is -2.35. The molecule has 0 saturated carbocycles.